The van der Waals surface area contributed by atoms with E-state index in [1.165, 1.54) is 0 Å². The van der Waals surface area contributed by atoms with Gasteiger partial charge in [-0.25, -0.2) is 4.79 Å². The van der Waals surface area contributed by atoms with Crippen LogP contribution in [0.15, 0.2) is 4.99 Å². The van der Waals surface area contributed by atoms with Crippen LogP contribution in [0.5, 0.6) is 0 Å². The number of amides is 1. The molecule has 0 saturated carbocycles. The Morgan fingerprint density at radius 1 is 1.27 bits per heavy atom. The van der Waals surface area contributed by atoms with Gasteiger partial charge in [-0.1, -0.05) is 13.8 Å². The van der Waals surface area contributed by atoms with Crippen molar-refractivity contribution in [2.75, 3.05) is 26.2 Å². The van der Waals surface area contributed by atoms with Crippen molar-refractivity contribution in [2.45, 2.75) is 78.0 Å². The number of rotatable bonds is 6. The summed E-state index contributed by atoms with van der Waals surface area (Å²) >= 11 is 0. The Morgan fingerprint density at radius 2 is 1.88 bits per heavy atom. The number of carbonyl (C=O) groups is 1. The number of alkyl carbamates (subject to hydrolysis) is 1. The van der Waals surface area contributed by atoms with Crippen LogP contribution in [-0.4, -0.2) is 65.5 Å². The number of hydrogen-bond donors (Lipinski definition) is 3. The van der Waals surface area contributed by atoms with Crippen LogP contribution in [-0.2, 0) is 4.74 Å². The van der Waals surface area contributed by atoms with Gasteiger partial charge < -0.3 is 25.4 Å². The maximum Gasteiger partial charge on any atom is 0.408 e. The fourth-order valence-electron chi connectivity index (χ4n) is 2.80. The second kappa shape index (κ2) is 11.2. The Hall–Kier alpha value is -0.770. The molecule has 1 saturated heterocycles. The van der Waals surface area contributed by atoms with Crippen LogP contribution in [0.4, 0.5) is 4.79 Å². The highest BCUT2D eigenvalue weighted by Gasteiger charge is 2.31. The second-order valence-corrected chi connectivity index (χ2v) is 7.67. The van der Waals surface area contributed by atoms with Gasteiger partial charge in [-0.05, 0) is 47.0 Å². The maximum absolute atomic E-state index is 12.2. The van der Waals surface area contributed by atoms with Crippen molar-refractivity contribution in [3.8, 4) is 0 Å². The van der Waals surface area contributed by atoms with E-state index in [1.807, 2.05) is 41.5 Å². The van der Waals surface area contributed by atoms with E-state index in [9.17, 15) is 9.90 Å². The highest BCUT2D eigenvalue weighted by atomic mass is 127. The van der Waals surface area contributed by atoms with Crippen LogP contribution in [0, 0.1) is 0 Å². The molecule has 0 aliphatic carbocycles. The van der Waals surface area contributed by atoms with E-state index in [2.05, 4.69) is 15.5 Å². The minimum absolute atomic E-state index is 0. The average Bonchev–Trinajstić information content (AvgIpc) is 2.94. The van der Waals surface area contributed by atoms with Crippen molar-refractivity contribution in [1.82, 2.24) is 15.5 Å². The van der Waals surface area contributed by atoms with Crippen molar-refractivity contribution in [3.05, 3.63) is 0 Å². The lowest BCUT2D eigenvalue weighted by Crippen LogP contribution is -2.52. The van der Waals surface area contributed by atoms with Gasteiger partial charge in [0.05, 0.1) is 18.2 Å². The number of halogens is 1. The van der Waals surface area contributed by atoms with Crippen LogP contribution < -0.4 is 10.6 Å². The number of hydrogen-bond acceptors (Lipinski definition) is 4. The summed E-state index contributed by atoms with van der Waals surface area (Å²) in [6.45, 7) is 14.3. The number of aliphatic hydroxyl groups is 1. The average molecular weight is 484 g/mol. The summed E-state index contributed by atoms with van der Waals surface area (Å²) in [6.07, 6.45) is 1.56. The number of ether oxygens (including phenoxy) is 1. The molecular weight excluding hydrogens is 447 g/mol. The number of nitrogens with zero attached hydrogens (tertiary/aromatic N) is 2. The third-order valence-corrected chi connectivity index (χ3v) is 4.45. The molecule has 1 aliphatic heterocycles. The van der Waals surface area contributed by atoms with Crippen molar-refractivity contribution in [1.29, 1.82) is 0 Å². The number of aliphatic hydroxyl groups excluding tert-OH is 1. The topological polar surface area (TPSA) is 86.2 Å². The normalized spacial score (nSPS) is 18.3. The van der Waals surface area contributed by atoms with Gasteiger partial charge >= 0.3 is 6.09 Å². The molecule has 26 heavy (non-hydrogen) atoms. The molecule has 0 aromatic heterocycles. The van der Waals surface area contributed by atoms with Gasteiger partial charge in [0.15, 0.2) is 5.96 Å². The van der Waals surface area contributed by atoms with E-state index in [0.29, 0.717) is 13.1 Å². The predicted octanol–water partition coefficient (Wildman–Crippen LogP) is 2.72. The van der Waals surface area contributed by atoms with Crippen molar-refractivity contribution in [2.24, 2.45) is 4.99 Å². The number of guanidine groups is 1. The first-order valence-corrected chi connectivity index (χ1v) is 9.37. The third-order valence-electron chi connectivity index (χ3n) is 4.45. The third kappa shape index (κ3) is 8.28. The molecule has 154 valence electrons. The Morgan fingerprint density at radius 3 is 2.31 bits per heavy atom. The Kier molecular flexibility index (Phi) is 10.8. The smallest absolute Gasteiger partial charge is 0.408 e. The highest BCUT2D eigenvalue weighted by molar-refractivity contribution is 14.0. The van der Waals surface area contributed by atoms with Crippen LogP contribution in [0.3, 0.4) is 0 Å². The monoisotopic (exact) mass is 484 g/mol. The molecule has 0 spiro atoms. The molecule has 7 nitrogen and oxygen atoms in total. The lowest BCUT2D eigenvalue weighted by atomic mass is 9.93. The van der Waals surface area contributed by atoms with Crippen molar-refractivity contribution < 1.29 is 14.6 Å². The number of aliphatic imine (C=N–C) groups is 1. The zero-order chi connectivity index (χ0) is 19.1. The van der Waals surface area contributed by atoms with Crippen molar-refractivity contribution >= 4 is 36.0 Å². The molecule has 0 radical (unpaired) electrons. The molecular formula is C18H37IN4O3. The summed E-state index contributed by atoms with van der Waals surface area (Å²) in [4.78, 5) is 19.0. The number of nitrogens with one attached hydrogen (secondary N) is 2. The van der Waals surface area contributed by atoms with Crippen LogP contribution in [0.1, 0.15) is 60.8 Å². The van der Waals surface area contributed by atoms with Gasteiger partial charge in [0.1, 0.15) is 5.60 Å². The molecule has 1 heterocycles. The molecule has 0 unspecified atom stereocenters. The molecule has 1 rings (SSSR count). The van der Waals surface area contributed by atoms with E-state index >= 15 is 0 Å². The minimum Gasteiger partial charge on any atom is -0.444 e. The minimum atomic E-state index is -0.527. The molecule has 1 aliphatic rings. The Labute approximate surface area is 175 Å². The summed E-state index contributed by atoms with van der Waals surface area (Å²) in [5.41, 5.74) is -0.970. The SMILES string of the molecule is CCNC(=NCC(CC)(CC)NC(=O)OC(C)(C)C)N1CC[C@@H](O)C1.I. The molecule has 1 fully saturated rings. The zero-order valence-corrected chi connectivity index (χ0v) is 19.4. The maximum atomic E-state index is 12.2. The number of carbonyl (C=O) groups excluding carboxylic acids is 1. The van der Waals surface area contributed by atoms with Gasteiger partial charge in [-0.15, -0.1) is 24.0 Å². The summed E-state index contributed by atoms with van der Waals surface area (Å²) in [5, 5.41) is 16.1. The summed E-state index contributed by atoms with van der Waals surface area (Å²) in [6, 6.07) is 0. The van der Waals surface area contributed by atoms with Gasteiger partial charge in [0.2, 0.25) is 0 Å². The van der Waals surface area contributed by atoms with Gasteiger partial charge in [0.25, 0.3) is 0 Å². The number of β-amino-alcohol motifs (C(OH)–C–C–N with tert-alkyl or cyclic N) is 1. The van der Waals surface area contributed by atoms with E-state index in [1.54, 1.807) is 0 Å². The Balaban J connectivity index is 0.00000625. The first kappa shape index (κ1) is 25.2. The summed E-state index contributed by atoms with van der Waals surface area (Å²) in [7, 11) is 0. The molecule has 0 aromatic carbocycles. The first-order valence-electron chi connectivity index (χ1n) is 9.37. The lowest BCUT2D eigenvalue weighted by molar-refractivity contribution is 0.0451. The van der Waals surface area contributed by atoms with Gasteiger partial charge in [-0.3, -0.25) is 4.99 Å². The summed E-state index contributed by atoms with van der Waals surface area (Å²) in [5.74, 6) is 0.788. The fourth-order valence-corrected chi connectivity index (χ4v) is 2.80. The lowest BCUT2D eigenvalue weighted by Gasteiger charge is -2.33. The van der Waals surface area contributed by atoms with E-state index in [4.69, 9.17) is 9.73 Å². The molecule has 1 atom stereocenters. The highest BCUT2D eigenvalue weighted by Crippen LogP contribution is 2.18. The molecule has 8 heteroatoms. The second-order valence-electron chi connectivity index (χ2n) is 7.67. The quantitative estimate of drug-likeness (QED) is 0.307. The molecule has 3 N–H and O–H groups in total. The largest absolute Gasteiger partial charge is 0.444 e. The number of likely N-dealkylation sites (tertiary alicyclic amines) is 1. The zero-order valence-electron chi connectivity index (χ0n) is 17.1. The van der Waals surface area contributed by atoms with Crippen LogP contribution >= 0.6 is 24.0 Å². The van der Waals surface area contributed by atoms with Crippen molar-refractivity contribution in [3.63, 3.8) is 0 Å². The van der Waals surface area contributed by atoms with Gasteiger partial charge in [0, 0.05) is 19.6 Å². The molecule has 0 aromatic rings. The van der Waals surface area contributed by atoms with E-state index in [0.717, 1.165) is 38.3 Å². The van der Waals surface area contributed by atoms with E-state index < -0.39 is 17.2 Å². The summed E-state index contributed by atoms with van der Waals surface area (Å²) < 4.78 is 5.41. The van der Waals surface area contributed by atoms with Crippen LogP contribution in [0.2, 0.25) is 0 Å². The Bertz CT molecular complexity index is 462. The predicted molar refractivity (Wildman–Crippen MR) is 116 cm³/mol. The molecule has 0 bridgehead atoms. The first-order chi connectivity index (χ1) is 11.6. The standard InChI is InChI=1S/C18H36N4O3.HI/c1-7-18(8-2,21-16(24)25-17(4,5)6)13-20-15(19-9-3)22-11-10-14(23)12-22;/h14,23H,7-13H2,1-6H3,(H,19,20)(H,21,24);1H/t14-;/m1./s1. The fraction of sp³-hybridized carbons (Fsp3) is 0.889. The van der Waals surface area contributed by atoms with Crippen LogP contribution in [0.25, 0.3) is 0 Å². The van der Waals surface area contributed by atoms with Gasteiger partial charge in [-0.2, -0.15) is 0 Å². The van der Waals surface area contributed by atoms with E-state index in [-0.39, 0.29) is 30.1 Å². The molecule has 1 amide bonds.